The molecule has 0 fully saturated rings. The van der Waals surface area contributed by atoms with Gasteiger partial charge in [0.2, 0.25) is 0 Å². The average molecular weight is 263 g/mol. The zero-order chi connectivity index (χ0) is 10.9. The van der Waals surface area contributed by atoms with E-state index in [4.69, 9.17) is 16.7 Å². The van der Waals surface area contributed by atoms with Crippen LogP contribution in [0.15, 0.2) is 24.3 Å². The molecule has 0 aliphatic carbocycles. The molecule has 1 aromatic rings. The van der Waals surface area contributed by atoms with Gasteiger partial charge >= 0.3 is 0 Å². The maximum atomic E-state index is 8.59. The Bertz CT molecular complexity index is 281. The Kier molecular flexibility index (Phi) is 7.36. The van der Waals surface area contributed by atoms with E-state index in [1.54, 1.807) is 11.8 Å². The first-order valence-electron chi connectivity index (χ1n) is 4.84. The van der Waals surface area contributed by atoms with Gasteiger partial charge in [0.25, 0.3) is 0 Å². The largest absolute Gasteiger partial charge is 0.396 e. The molecule has 0 aliphatic rings. The summed E-state index contributed by atoms with van der Waals surface area (Å²) in [5.41, 5.74) is 1.20. The molecule has 0 spiro atoms. The van der Waals surface area contributed by atoms with Crippen molar-refractivity contribution in [2.45, 2.75) is 5.75 Å². The normalized spacial score (nSPS) is 10.5. The zero-order valence-electron chi connectivity index (χ0n) is 8.49. The molecule has 0 heterocycles. The van der Waals surface area contributed by atoms with E-state index in [0.717, 1.165) is 28.0 Å². The summed E-state index contributed by atoms with van der Waals surface area (Å²) in [6, 6.07) is 7.96. The molecular weight excluding hydrogens is 248 g/mol. The van der Waals surface area contributed by atoms with E-state index in [1.165, 1.54) is 5.56 Å². The predicted molar refractivity (Wildman–Crippen MR) is 72.0 cm³/mol. The van der Waals surface area contributed by atoms with Gasteiger partial charge in [-0.05, 0) is 11.6 Å². The lowest BCUT2D eigenvalue weighted by atomic mass is 10.2. The average Bonchev–Trinajstić information content (AvgIpc) is 2.25. The number of rotatable bonds is 7. The summed E-state index contributed by atoms with van der Waals surface area (Å²) in [6.07, 6.45) is 0. The van der Waals surface area contributed by atoms with Crippen LogP contribution in [-0.2, 0) is 5.75 Å². The first kappa shape index (κ1) is 13.2. The minimum absolute atomic E-state index is 0.278. The van der Waals surface area contributed by atoms with Crippen molar-refractivity contribution in [3.05, 3.63) is 34.9 Å². The van der Waals surface area contributed by atoms with E-state index < -0.39 is 0 Å². The zero-order valence-corrected chi connectivity index (χ0v) is 10.9. The highest BCUT2D eigenvalue weighted by molar-refractivity contribution is 8.02. The van der Waals surface area contributed by atoms with E-state index in [1.807, 2.05) is 30.0 Å². The summed E-state index contributed by atoms with van der Waals surface area (Å²) in [5.74, 6) is 4.01. The number of benzene rings is 1. The fraction of sp³-hybridized carbons (Fsp3) is 0.455. The molecule has 0 saturated carbocycles. The summed E-state index contributed by atoms with van der Waals surface area (Å²) >= 11 is 9.71. The third-order valence-corrected chi connectivity index (χ3v) is 4.42. The fourth-order valence-electron chi connectivity index (χ4n) is 1.08. The third kappa shape index (κ3) is 5.71. The quantitative estimate of drug-likeness (QED) is 0.762. The van der Waals surface area contributed by atoms with Crippen LogP contribution in [0.5, 0.6) is 0 Å². The Labute approximate surface area is 105 Å². The first-order chi connectivity index (χ1) is 7.34. The van der Waals surface area contributed by atoms with Gasteiger partial charge in [-0.25, -0.2) is 0 Å². The fourth-order valence-corrected chi connectivity index (χ4v) is 3.26. The Morgan fingerprint density at radius 2 is 1.80 bits per heavy atom. The van der Waals surface area contributed by atoms with Crippen LogP contribution < -0.4 is 0 Å². The molecule has 15 heavy (non-hydrogen) atoms. The topological polar surface area (TPSA) is 20.2 Å². The van der Waals surface area contributed by atoms with Crippen LogP contribution in [0.3, 0.4) is 0 Å². The van der Waals surface area contributed by atoms with Crippen LogP contribution in [0.4, 0.5) is 0 Å². The van der Waals surface area contributed by atoms with Gasteiger partial charge in [-0.2, -0.15) is 23.5 Å². The van der Waals surface area contributed by atoms with Gasteiger partial charge in [0, 0.05) is 28.0 Å². The van der Waals surface area contributed by atoms with Crippen molar-refractivity contribution in [3.8, 4) is 0 Å². The van der Waals surface area contributed by atoms with Crippen LogP contribution in [0, 0.1) is 0 Å². The van der Waals surface area contributed by atoms with Gasteiger partial charge in [-0.15, -0.1) is 0 Å². The second-order valence-corrected chi connectivity index (χ2v) is 5.72. The number of hydrogen-bond donors (Lipinski definition) is 1. The van der Waals surface area contributed by atoms with Crippen LogP contribution in [0.2, 0.25) is 5.02 Å². The lowest BCUT2D eigenvalue weighted by Crippen LogP contribution is -1.91. The summed E-state index contributed by atoms with van der Waals surface area (Å²) in [7, 11) is 0. The van der Waals surface area contributed by atoms with Crippen LogP contribution in [-0.4, -0.2) is 29.0 Å². The third-order valence-electron chi connectivity index (χ3n) is 1.82. The second-order valence-electron chi connectivity index (χ2n) is 2.98. The maximum Gasteiger partial charge on any atom is 0.0521 e. The molecule has 0 amide bonds. The van der Waals surface area contributed by atoms with Crippen LogP contribution in [0.1, 0.15) is 5.56 Å². The van der Waals surface area contributed by atoms with E-state index in [9.17, 15) is 0 Å². The van der Waals surface area contributed by atoms with E-state index >= 15 is 0 Å². The van der Waals surface area contributed by atoms with Crippen LogP contribution >= 0.6 is 35.1 Å². The number of thioether (sulfide) groups is 2. The van der Waals surface area contributed by atoms with Crippen molar-refractivity contribution in [1.82, 2.24) is 0 Å². The Balaban J connectivity index is 2.12. The summed E-state index contributed by atoms with van der Waals surface area (Å²) in [5, 5.41) is 9.45. The first-order valence-corrected chi connectivity index (χ1v) is 7.53. The molecule has 0 aromatic heterocycles. The number of aliphatic hydroxyl groups excluding tert-OH is 1. The predicted octanol–water partition coefficient (Wildman–Crippen LogP) is 3.30. The summed E-state index contributed by atoms with van der Waals surface area (Å²) in [4.78, 5) is 0. The van der Waals surface area contributed by atoms with Gasteiger partial charge in [-0.3, -0.25) is 0 Å². The highest BCUT2D eigenvalue weighted by Crippen LogP contribution is 2.21. The molecule has 0 radical (unpaired) electrons. The molecule has 0 unspecified atom stereocenters. The highest BCUT2D eigenvalue weighted by atomic mass is 35.5. The molecule has 0 atom stereocenters. The monoisotopic (exact) mass is 262 g/mol. The van der Waals surface area contributed by atoms with Crippen molar-refractivity contribution in [2.75, 3.05) is 23.9 Å². The number of aliphatic hydroxyl groups is 1. The molecule has 1 aromatic carbocycles. The summed E-state index contributed by atoms with van der Waals surface area (Å²) < 4.78 is 0. The van der Waals surface area contributed by atoms with Crippen molar-refractivity contribution in [2.24, 2.45) is 0 Å². The lowest BCUT2D eigenvalue weighted by molar-refractivity contribution is 0.322. The minimum Gasteiger partial charge on any atom is -0.396 e. The molecule has 1 N–H and O–H groups in total. The van der Waals surface area contributed by atoms with E-state index in [-0.39, 0.29) is 6.61 Å². The minimum atomic E-state index is 0.278. The Morgan fingerprint density at radius 3 is 2.53 bits per heavy atom. The lowest BCUT2D eigenvalue weighted by Gasteiger charge is -2.03. The summed E-state index contributed by atoms with van der Waals surface area (Å²) in [6.45, 7) is 0.278. The van der Waals surface area contributed by atoms with Crippen LogP contribution in [0.25, 0.3) is 0 Å². The highest BCUT2D eigenvalue weighted by Gasteiger charge is 1.98. The molecular formula is C11H15ClOS2. The SMILES string of the molecule is OCCSCCSCc1ccccc1Cl. The van der Waals surface area contributed by atoms with E-state index in [2.05, 4.69) is 6.07 Å². The van der Waals surface area contributed by atoms with Gasteiger partial charge in [0.1, 0.15) is 0 Å². The molecule has 0 bridgehead atoms. The molecule has 1 nitrogen and oxygen atoms in total. The van der Waals surface area contributed by atoms with Crippen molar-refractivity contribution < 1.29 is 5.11 Å². The Morgan fingerprint density at radius 1 is 1.07 bits per heavy atom. The van der Waals surface area contributed by atoms with Gasteiger partial charge in [-0.1, -0.05) is 29.8 Å². The van der Waals surface area contributed by atoms with Crippen molar-refractivity contribution in [1.29, 1.82) is 0 Å². The van der Waals surface area contributed by atoms with Crippen molar-refractivity contribution in [3.63, 3.8) is 0 Å². The second kappa shape index (κ2) is 8.34. The van der Waals surface area contributed by atoms with E-state index in [0.29, 0.717) is 0 Å². The Hall–Kier alpha value is 0.170. The standard InChI is InChI=1S/C11H15ClOS2/c12-11-4-2-1-3-10(11)9-15-8-7-14-6-5-13/h1-4,13H,5-9H2. The molecule has 0 saturated heterocycles. The molecule has 0 aliphatic heterocycles. The smallest absolute Gasteiger partial charge is 0.0521 e. The van der Waals surface area contributed by atoms with Gasteiger partial charge in [0.15, 0.2) is 0 Å². The number of hydrogen-bond acceptors (Lipinski definition) is 3. The van der Waals surface area contributed by atoms with Gasteiger partial charge < -0.3 is 5.11 Å². The molecule has 4 heteroatoms. The molecule has 1 rings (SSSR count). The maximum absolute atomic E-state index is 8.59. The number of halogens is 1. The van der Waals surface area contributed by atoms with Crippen molar-refractivity contribution >= 4 is 35.1 Å². The molecule has 84 valence electrons. The van der Waals surface area contributed by atoms with Gasteiger partial charge in [0.05, 0.1) is 6.61 Å².